The van der Waals surface area contributed by atoms with Gasteiger partial charge in [0.2, 0.25) is 0 Å². The van der Waals surface area contributed by atoms with Crippen LogP contribution < -0.4 is 5.32 Å². The molecule has 0 unspecified atom stereocenters. The Hall–Kier alpha value is -1.65. The minimum Gasteiger partial charge on any atom is -0.380 e. The zero-order valence-corrected chi connectivity index (χ0v) is 12.4. The molecule has 1 aliphatic rings. The van der Waals surface area contributed by atoms with Gasteiger partial charge in [-0.05, 0) is 31.4 Å². The first kappa shape index (κ1) is 15.7. The molecule has 5 heteroatoms. The van der Waals surface area contributed by atoms with Crippen molar-refractivity contribution < 1.29 is 13.6 Å². The van der Waals surface area contributed by atoms with Gasteiger partial charge in [-0.1, -0.05) is 19.8 Å². The molecule has 1 heterocycles. The number of carbonyl (C=O) groups excluding carboxylic acids is 1. The van der Waals surface area contributed by atoms with Gasteiger partial charge in [-0.15, -0.1) is 0 Å². The van der Waals surface area contributed by atoms with E-state index in [1.54, 1.807) is 4.90 Å². The Balaban J connectivity index is 2.17. The summed E-state index contributed by atoms with van der Waals surface area (Å²) in [7, 11) is 0. The summed E-state index contributed by atoms with van der Waals surface area (Å²) in [6.45, 7) is 3.74. The molecule has 0 spiro atoms. The SMILES string of the molecule is CCCNc1c(F)cc(C(=O)N2CCCCCC2)cc1F. The first-order valence-corrected chi connectivity index (χ1v) is 7.65. The van der Waals surface area contributed by atoms with Gasteiger partial charge in [0.15, 0.2) is 0 Å². The third-order valence-electron chi connectivity index (χ3n) is 3.73. The maximum absolute atomic E-state index is 14.0. The predicted octanol–water partition coefficient (Wildman–Crippen LogP) is 3.80. The van der Waals surface area contributed by atoms with Crippen molar-refractivity contribution in [3.05, 3.63) is 29.3 Å². The van der Waals surface area contributed by atoms with Gasteiger partial charge in [-0.3, -0.25) is 4.79 Å². The molecule has 116 valence electrons. The normalized spacial score (nSPS) is 15.7. The lowest BCUT2D eigenvalue weighted by atomic mass is 10.1. The highest BCUT2D eigenvalue weighted by atomic mass is 19.1. The van der Waals surface area contributed by atoms with Gasteiger partial charge < -0.3 is 10.2 Å². The molecule has 1 aromatic carbocycles. The van der Waals surface area contributed by atoms with Crippen molar-refractivity contribution in [1.29, 1.82) is 0 Å². The van der Waals surface area contributed by atoms with Crippen LogP contribution in [0.4, 0.5) is 14.5 Å². The third kappa shape index (κ3) is 3.93. The number of amides is 1. The number of halogens is 2. The van der Waals surface area contributed by atoms with Crippen LogP contribution in [-0.4, -0.2) is 30.4 Å². The molecule has 2 rings (SSSR count). The summed E-state index contributed by atoms with van der Waals surface area (Å²) in [6, 6.07) is 2.27. The van der Waals surface area contributed by atoms with Gasteiger partial charge in [-0.2, -0.15) is 0 Å². The monoisotopic (exact) mass is 296 g/mol. The fraction of sp³-hybridized carbons (Fsp3) is 0.562. The van der Waals surface area contributed by atoms with Crippen LogP contribution >= 0.6 is 0 Å². The number of rotatable bonds is 4. The molecule has 1 fully saturated rings. The standard InChI is InChI=1S/C16H22F2N2O/c1-2-7-19-15-13(17)10-12(11-14(15)18)16(21)20-8-5-3-4-6-9-20/h10-11,19H,2-9H2,1H3. The Kier molecular flexibility index (Phi) is 5.53. The van der Waals surface area contributed by atoms with E-state index in [0.29, 0.717) is 19.6 Å². The van der Waals surface area contributed by atoms with Gasteiger partial charge in [0.1, 0.15) is 17.3 Å². The van der Waals surface area contributed by atoms with Crippen molar-refractivity contribution in [2.45, 2.75) is 39.0 Å². The number of hydrogen-bond acceptors (Lipinski definition) is 2. The first-order valence-electron chi connectivity index (χ1n) is 7.65. The zero-order valence-electron chi connectivity index (χ0n) is 12.4. The zero-order chi connectivity index (χ0) is 15.2. The number of hydrogen-bond donors (Lipinski definition) is 1. The predicted molar refractivity (Wildman–Crippen MR) is 79.5 cm³/mol. The van der Waals surface area contributed by atoms with Crippen LogP contribution in [0.5, 0.6) is 0 Å². The summed E-state index contributed by atoms with van der Waals surface area (Å²) in [5, 5.41) is 2.71. The number of anilines is 1. The maximum Gasteiger partial charge on any atom is 0.254 e. The fourth-order valence-corrected chi connectivity index (χ4v) is 2.57. The number of likely N-dealkylation sites (tertiary alicyclic amines) is 1. The van der Waals surface area contributed by atoms with Crippen molar-refractivity contribution in [3.8, 4) is 0 Å². The van der Waals surface area contributed by atoms with Crippen LogP contribution in [0.1, 0.15) is 49.4 Å². The highest BCUT2D eigenvalue weighted by Crippen LogP contribution is 2.22. The summed E-state index contributed by atoms with van der Waals surface area (Å²) in [5.74, 6) is -1.69. The molecule has 0 atom stereocenters. The first-order chi connectivity index (χ1) is 10.1. The van der Waals surface area contributed by atoms with Crippen LogP contribution in [0, 0.1) is 11.6 Å². The molecule has 1 N–H and O–H groups in total. The molecular weight excluding hydrogens is 274 g/mol. The van der Waals surface area contributed by atoms with E-state index in [2.05, 4.69) is 5.32 Å². The highest BCUT2D eigenvalue weighted by Gasteiger charge is 2.20. The van der Waals surface area contributed by atoms with Crippen molar-refractivity contribution in [2.24, 2.45) is 0 Å². The Morgan fingerprint density at radius 3 is 2.24 bits per heavy atom. The quantitative estimate of drug-likeness (QED) is 0.916. The third-order valence-corrected chi connectivity index (χ3v) is 3.73. The van der Waals surface area contributed by atoms with Crippen LogP contribution in [0.15, 0.2) is 12.1 Å². The lowest BCUT2D eigenvalue weighted by molar-refractivity contribution is 0.0760. The Labute approximate surface area is 124 Å². The molecule has 3 nitrogen and oxygen atoms in total. The van der Waals surface area contributed by atoms with E-state index < -0.39 is 11.6 Å². The lowest BCUT2D eigenvalue weighted by Crippen LogP contribution is -2.32. The van der Waals surface area contributed by atoms with E-state index >= 15 is 0 Å². The molecule has 0 saturated carbocycles. The maximum atomic E-state index is 14.0. The topological polar surface area (TPSA) is 32.3 Å². The molecule has 0 aromatic heterocycles. The lowest BCUT2D eigenvalue weighted by Gasteiger charge is -2.20. The smallest absolute Gasteiger partial charge is 0.254 e. The molecule has 1 aliphatic heterocycles. The number of benzene rings is 1. The van der Waals surface area contributed by atoms with E-state index in [0.717, 1.165) is 44.2 Å². The summed E-state index contributed by atoms with van der Waals surface area (Å²) < 4.78 is 27.9. The number of nitrogens with one attached hydrogen (secondary N) is 1. The minimum atomic E-state index is -0.707. The molecule has 0 radical (unpaired) electrons. The minimum absolute atomic E-state index is 0.0916. The van der Waals surface area contributed by atoms with Gasteiger partial charge in [0.25, 0.3) is 5.91 Å². The molecule has 1 aromatic rings. The van der Waals surface area contributed by atoms with Crippen LogP contribution in [0.3, 0.4) is 0 Å². The van der Waals surface area contributed by atoms with E-state index in [9.17, 15) is 13.6 Å². The molecule has 1 amide bonds. The number of nitrogens with zero attached hydrogens (tertiary/aromatic N) is 1. The molecule has 1 saturated heterocycles. The van der Waals surface area contributed by atoms with E-state index in [1.165, 1.54) is 0 Å². The van der Waals surface area contributed by atoms with Gasteiger partial charge in [0.05, 0.1) is 0 Å². The average Bonchev–Trinajstić information content (AvgIpc) is 2.74. The van der Waals surface area contributed by atoms with E-state index in [-0.39, 0.29) is 17.2 Å². The van der Waals surface area contributed by atoms with Crippen molar-refractivity contribution in [2.75, 3.05) is 25.0 Å². The summed E-state index contributed by atoms with van der Waals surface area (Å²) in [6.07, 6.45) is 4.88. The average molecular weight is 296 g/mol. The van der Waals surface area contributed by atoms with Gasteiger partial charge >= 0.3 is 0 Å². The highest BCUT2D eigenvalue weighted by molar-refractivity contribution is 5.94. The van der Waals surface area contributed by atoms with Crippen LogP contribution in [-0.2, 0) is 0 Å². The second-order valence-electron chi connectivity index (χ2n) is 5.45. The second kappa shape index (κ2) is 7.38. The van der Waals surface area contributed by atoms with Gasteiger partial charge in [-0.25, -0.2) is 8.78 Å². The van der Waals surface area contributed by atoms with Crippen LogP contribution in [0.25, 0.3) is 0 Å². The molecule has 0 aliphatic carbocycles. The van der Waals surface area contributed by atoms with Crippen molar-refractivity contribution in [1.82, 2.24) is 4.90 Å². The molecule has 0 bridgehead atoms. The van der Waals surface area contributed by atoms with Crippen molar-refractivity contribution >= 4 is 11.6 Å². The Morgan fingerprint density at radius 1 is 1.14 bits per heavy atom. The van der Waals surface area contributed by atoms with E-state index in [4.69, 9.17) is 0 Å². The van der Waals surface area contributed by atoms with Gasteiger partial charge in [0, 0.05) is 25.2 Å². The fourth-order valence-electron chi connectivity index (χ4n) is 2.57. The summed E-state index contributed by atoms with van der Waals surface area (Å²) in [4.78, 5) is 14.0. The molecule has 21 heavy (non-hydrogen) atoms. The summed E-state index contributed by atoms with van der Waals surface area (Å²) in [5.41, 5.74) is -0.0572. The molecular formula is C16H22F2N2O. The van der Waals surface area contributed by atoms with E-state index in [1.807, 2.05) is 6.92 Å². The summed E-state index contributed by atoms with van der Waals surface area (Å²) >= 11 is 0. The Bertz CT molecular complexity index is 474. The van der Waals surface area contributed by atoms with Crippen LogP contribution in [0.2, 0.25) is 0 Å². The number of carbonyl (C=O) groups is 1. The Morgan fingerprint density at radius 2 is 1.71 bits per heavy atom. The largest absolute Gasteiger partial charge is 0.380 e. The van der Waals surface area contributed by atoms with Crippen molar-refractivity contribution in [3.63, 3.8) is 0 Å². The second-order valence-corrected chi connectivity index (χ2v) is 5.45.